The van der Waals surface area contributed by atoms with Crippen LogP contribution in [0.1, 0.15) is 11.3 Å². The maximum Gasteiger partial charge on any atom is 0.246 e. The molecule has 0 bridgehead atoms. The summed E-state index contributed by atoms with van der Waals surface area (Å²) in [6, 6.07) is 7.05. The fraction of sp³-hybridized carbons (Fsp3) is 0.167. The Bertz CT molecular complexity index is 675. The standard InChI is InChI=1S/C12H11BrN6O/c13-9-2-1-8(4-14)11(3-9)16-12(20)7-19-6-10(5-15)17-18-19/h1-3,6H,5,7,15H2,(H,16,20). The molecule has 0 aliphatic rings. The highest BCUT2D eigenvalue weighted by Crippen LogP contribution is 2.20. The van der Waals surface area contributed by atoms with Crippen LogP contribution >= 0.6 is 15.9 Å². The summed E-state index contributed by atoms with van der Waals surface area (Å²) in [5.41, 5.74) is 6.87. The molecule has 0 aliphatic heterocycles. The molecule has 0 fully saturated rings. The number of rotatable bonds is 4. The van der Waals surface area contributed by atoms with Crippen LogP contribution in [0.15, 0.2) is 28.9 Å². The molecule has 0 saturated heterocycles. The number of benzene rings is 1. The smallest absolute Gasteiger partial charge is 0.246 e. The molecular weight excluding hydrogens is 324 g/mol. The van der Waals surface area contributed by atoms with Gasteiger partial charge in [0.05, 0.1) is 23.1 Å². The van der Waals surface area contributed by atoms with Crippen LogP contribution in [0.2, 0.25) is 0 Å². The molecule has 1 amide bonds. The van der Waals surface area contributed by atoms with Crippen molar-refractivity contribution < 1.29 is 4.79 Å². The third kappa shape index (κ3) is 3.40. The summed E-state index contributed by atoms with van der Waals surface area (Å²) in [7, 11) is 0. The normalized spacial score (nSPS) is 10.1. The number of amides is 1. The quantitative estimate of drug-likeness (QED) is 0.866. The first-order valence-corrected chi connectivity index (χ1v) is 6.50. The molecule has 1 aromatic heterocycles. The van der Waals surface area contributed by atoms with Crippen LogP contribution in [0.5, 0.6) is 0 Å². The Hall–Kier alpha value is -2.24. The summed E-state index contributed by atoms with van der Waals surface area (Å²) >= 11 is 3.29. The van der Waals surface area contributed by atoms with E-state index in [1.54, 1.807) is 24.4 Å². The fourth-order valence-corrected chi connectivity index (χ4v) is 1.92. The van der Waals surface area contributed by atoms with Gasteiger partial charge in [0.1, 0.15) is 12.6 Å². The Balaban J connectivity index is 2.08. The molecule has 3 N–H and O–H groups in total. The van der Waals surface area contributed by atoms with Crippen LogP contribution in [0.25, 0.3) is 0 Å². The van der Waals surface area contributed by atoms with Crippen molar-refractivity contribution in [2.75, 3.05) is 5.32 Å². The van der Waals surface area contributed by atoms with Crippen molar-refractivity contribution in [1.29, 1.82) is 5.26 Å². The molecule has 2 rings (SSSR count). The van der Waals surface area contributed by atoms with Crippen LogP contribution in [0.3, 0.4) is 0 Å². The van der Waals surface area contributed by atoms with Gasteiger partial charge in [-0.15, -0.1) is 5.10 Å². The second-order valence-electron chi connectivity index (χ2n) is 3.96. The predicted molar refractivity (Wildman–Crippen MR) is 75.4 cm³/mol. The fourth-order valence-electron chi connectivity index (χ4n) is 1.56. The highest BCUT2D eigenvalue weighted by atomic mass is 79.9. The van der Waals surface area contributed by atoms with Gasteiger partial charge in [0.25, 0.3) is 0 Å². The Morgan fingerprint density at radius 2 is 2.35 bits per heavy atom. The van der Waals surface area contributed by atoms with E-state index in [9.17, 15) is 4.79 Å². The lowest BCUT2D eigenvalue weighted by Gasteiger charge is -2.07. The van der Waals surface area contributed by atoms with Crippen molar-refractivity contribution in [1.82, 2.24) is 15.0 Å². The minimum Gasteiger partial charge on any atom is -0.325 e. The first-order valence-electron chi connectivity index (χ1n) is 5.71. The van der Waals surface area contributed by atoms with Gasteiger partial charge >= 0.3 is 0 Å². The molecule has 0 unspecified atom stereocenters. The molecule has 0 radical (unpaired) electrons. The van der Waals surface area contributed by atoms with Gasteiger partial charge in [0, 0.05) is 11.0 Å². The third-order valence-electron chi connectivity index (χ3n) is 2.48. The van der Waals surface area contributed by atoms with Gasteiger partial charge in [-0.25, -0.2) is 4.68 Å². The van der Waals surface area contributed by atoms with E-state index >= 15 is 0 Å². The van der Waals surface area contributed by atoms with Gasteiger partial charge in [-0.2, -0.15) is 5.26 Å². The molecule has 20 heavy (non-hydrogen) atoms. The average molecular weight is 335 g/mol. The summed E-state index contributed by atoms with van der Waals surface area (Å²) in [5.74, 6) is -0.298. The number of aromatic nitrogens is 3. The number of hydrogen-bond donors (Lipinski definition) is 2. The Kier molecular flexibility index (Phi) is 4.45. The molecule has 8 heteroatoms. The monoisotopic (exact) mass is 334 g/mol. The lowest BCUT2D eigenvalue weighted by molar-refractivity contribution is -0.116. The number of hydrogen-bond acceptors (Lipinski definition) is 5. The van der Waals surface area contributed by atoms with Crippen LogP contribution in [0, 0.1) is 11.3 Å². The van der Waals surface area contributed by atoms with E-state index in [1.165, 1.54) is 4.68 Å². The lowest BCUT2D eigenvalue weighted by atomic mass is 10.2. The average Bonchev–Trinajstić information content (AvgIpc) is 2.86. The van der Waals surface area contributed by atoms with Gasteiger partial charge < -0.3 is 11.1 Å². The molecular formula is C12H11BrN6O. The first-order chi connectivity index (χ1) is 9.62. The lowest BCUT2D eigenvalue weighted by Crippen LogP contribution is -2.19. The molecule has 0 saturated carbocycles. The molecule has 1 aromatic carbocycles. The number of anilines is 1. The maximum atomic E-state index is 11.9. The number of nitrogens with zero attached hydrogens (tertiary/aromatic N) is 4. The van der Waals surface area contributed by atoms with E-state index in [-0.39, 0.29) is 19.0 Å². The van der Waals surface area contributed by atoms with Crippen LogP contribution in [-0.4, -0.2) is 20.9 Å². The zero-order valence-electron chi connectivity index (χ0n) is 10.4. The minimum atomic E-state index is -0.298. The summed E-state index contributed by atoms with van der Waals surface area (Å²) in [6.45, 7) is 0.274. The van der Waals surface area contributed by atoms with Crippen LogP contribution < -0.4 is 11.1 Å². The molecule has 2 aromatic rings. The predicted octanol–water partition coefficient (Wildman–Crippen LogP) is 1.01. The third-order valence-corrected chi connectivity index (χ3v) is 2.97. The number of carbonyl (C=O) groups excluding carboxylic acids is 1. The maximum absolute atomic E-state index is 11.9. The number of halogens is 1. The summed E-state index contributed by atoms with van der Waals surface area (Å²) in [5, 5.41) is 19.2. The zero-order valence-corrected chi connectivity index (χ0v) is 12.0. The highest BCUT2D eigenvalue weighted by Gasteiger charge is 2.09. The van der Waals surface area contributed by atoms with Crippen LogP contribution in [0.4, 0.5) is 5.69 Å². The van der Waals surface area contributed by atoms with E-state index in [1.807, 2.05) is 6.07 Å². The number of nitrogens with two attached hydrogens (primary N) is 1. The highest BCUT2D eigenvalue weighted by molar-refractivity contribution is 9.10. The van der Waals surface area contributed by atoms with Gasteiger partial charge in [-0.1, -0.05) is 21.1 Å². The van der Waals surface area contributed by atoms with Gasteiger partial charge in [0.2, 0.25) is 5.91 Å². The SMILES string of the molecule is N#Cc1ccc(Br)cc1NC(=O)Cn1cc(CN)nn1. The van der Waals surface area contributed by atoms with Gasteiger partial charge in [0.15, 0.2) is 0 Å². The van der Waals surface area contributed by atoms with E-state index in [2.05, 4.69) is 31.6 Å². The van der Waals surface area contributed by atoms with E-state index in [0.29, 0.717) is 16.9 Å². The van der Waals surface area contributed by atoms with Crippen molar-refractivity contribution in [2.45, 2.75) is 13.1 Å². The van der Waals surface area contributed by atoms with Crippen LogP contribution in [-0.2, 0) is 17.9 Å². The van der Waals surface area contributed by atoms with E-state index < -0.39 is 0 Å². The second kappa shape index (κ2) is 6.27. The molecule has 0 atom stereocenters. The van der Waals surface area contributed by atoms with E-state index in [4.69, 9.17) is 11.0 Å². The van der Waals surface area contributed by atoms with Crippen molar-refractivity contribution >= 4 is 27.5 Å². The summed E-state index contributed by atoms with van der Waals surface area (Å²) in [6.07, 6.45) is 1.60. The number of nitriles is 1. The van der Waals surface area contributed by atoms with Crippen molar-refractivity contribution in [3.8, 4) is 6.07 Å². The largest absolute Gasteiger partial charge is 0.325 e. The van der Waals surface area contributed by atoms with Crippen molar-refractivity contribution in [2.24, 2.45) is 5.73 Å². The topological polar surface area (TPSA) is 110 Å². The van der Waals surface area contributed by atoms with Crippen molar-refractivity contribution in [3.05, 3.63) is 40.1 Å². The molecule has 0 aliphatic carbocycles. The minimum absolute atomic E-state index is 0.00435. The Morgan fingerprint density at radius 1 is 1.55 bits per heavy atom. The molecule has 102 valence electrons. The first kappa shape index (κ1) is 14.2. The number of nitrogens with one attached hydrogen (secondary N) is 1. The summed E-state index contributed by atoms with van der Waals surface area (Å²) < 4.78 is 2.17. The number of carbonyl (C=O) groups is 1. The summed E-state index contributed by atoms with van der Waals surface area (Å²) in [4.78, 5) is 11.9. The Labute approximate surface area is 123 Å². The van der Waals surface area contributed by atoms with E-state index in [0.717, 1.165) is 4.47 Å². The second-order valence-corrected chi connectivity index (χ2v) is 4.88. The molecule has 0 spiro atoms. The molecule has 7 nitrogen and oxygen atoms in total. The van der Waals surface area contributed by atoms with Gasteiger partial charge in [-0.3, -0.25) is 4.79 Å². The van der Waals surface area contributed by atoms with Gasteiger partial charge in [-0.05, 0) is 18.2 Å². The molecule has 1 heterocycles. The Morgan fingerprint density at radius 3 is 3.00 bits per heavy atom. The van der Waals surface area contributed by atoms with Crippen molar-refractivity contribution in [3.63, 3.8) is 0 Å². The zero-order chi connectivity index (χ0) is 14.5.